The number of primary amides is 1. The average molecular weight is 586 g/mol. The van der Waals surface area contributed by atoms with Crippen LogP contribution in [0.5, 0.6) is 0 Å². The van der Waals surface area contributed by atoms with Gasteiger partial charge >= 0.3 is 0 Å². The lowest BCUT2D eigenvalue weighted by Gasteiger charge is -2.24. The molecule has 12 heteroatoms. The van der Waals surface area contributed by atoms with Crippen LogP contribution in [0.15, 0.2) is 83.6 Å². The van der Waals surface area contributed by atoms with E-state index in [0.717, 1.165) is 36.3 Å². The van der Waals surface area contributed by atoms with E-state index in [2.05, 4.69) is 21.4 Å². The van der Waals surface area contributed by atoms with Crippen LogP contribution in [-0.4, -0.2) is 78.5 Å². The molecule has 3 amide bonds. The van der Waals surface area contributed by atoms with Crippen LogP contribution in [0.25, 0.3) is 6.08 Å². The van der Waals surface area contributed by atoms with Crippen molar-refractivity contribution < 1.29 is 33.4 Å². The maximum atomic E-state index is 13.6. The standard InChI is InChI=1S/C28H30F2N4O3.CH3NO.CH4O/c29-15-21-12-26(28(37)32-17-24-14-22-16-31-10-9-25(22)33-24)34(18-21)27(36)13-20-5-3-19(4-6-20)7-8-23(30)2-1-11-35;2-1-3;1-2/h1-11,14,16,21-22,25-26,33,35H,12-13,15,17-18H2,(H,32,37);1H,(H2,2,3);2H,1H3/b8-7-,11-1+,23-2+;;. The van der Waals surface area contributed by atoms with Crippen molar-refractivity contribution in [1.82, 2.24) is 15.5 Å². The van der Waals surface area contributed by atoms with Gasteiger partial charge in [0.2, 0.25) is 18.2 Å². The largest absolute Gasteiger partial charge is 0.516 e. The highest BCUT2D eigenvalue weighted by atomic mass is 19.1. The van der Waals surface area contributed by atoms with E-state index in [1.54, 1.807) is 36.5 Å². The second kappa shape index (κ2) is 18.0. The van der Waals surface area contributed by atoms with Crippen molar-refractivity contribution in [2.24, 2.45) is 22.6 Å². The molecule has 1 aromatic rings. The van der Waals surface area contributed by atoms with Crippen LogP contribution in [0.2, 0.25) is 0 Å². The molecule has 4 rings (SSSR count). The topological polar surface area (TPSA) is 157 Å². The Morgan fingerprint density at radius 1 is 1.26 bits per heavy atom. The molecule has 1 fully saturated rings. The molecule has 42 heavy (non-hydrogen) atoms. The van der Waals surface area contributed by atoms with E-state index in [1.807, 2.05) is 18.4 Å². The Morgan fingerprint density at radius 2 is 1.98 bits per heavy atom. The number of carbonyl (C=O) groups is 3. The van der Waals surface area contributed by atoms with Crippen molar-refractivity contribution in [2.45, 2.75) is 24.9 Å². The third-order valence-electron chi connectivity index (χ3n) is 6.59. The lowest BCUT2D eigenvalue weighted by molar-refractivity contribution is -0.137. The van der Waals surface area contributed by atoms with Gasteiger partial charge in [-0.05, 0) is 41.9 Å². The first-order valence-corrected chi connectivity index (χ1v) is 13.2. The fourth-order valence-electron chi connectivity index (χ4n) is 4.66. The number of benzene rings is 1. The maximum absolute atomic E-state index is 13.6. The molecule has 0 saturated carbocycles. The van der Waals surface area contributed by atoms with Crippen LogP contribution >= 0.6 is 0 Å². The minimum atomic E-state index is -0.719. The number of carbonyl (C=O) groups excluding carboxylic acids is 3. The number of alkyl halides is 1. The normalized spacial score (nSPS) is 22.4. The van der Waals surface area contributed by atoms with Crippen LogP contribution in [0.1, 0.15) is 17.5 Å². The number of hydrogen-bond acceptors (Lipinski definition) is 7. The smallest absolute Gasteiger partial charge is 0.243 e. The number of nitrogens with two attached hydrogens (primary N) is 1. The van der Waals surface area contributed by atoms with E-state index in [-0.39, 0.29) is 55.5 Å². The van der Waals surface area contributed by atoms with Gasteiger partial charge in [-0.2, -0.15) is 0 Å². The Balaban J connectivity index is 0.00000116. The molecule has 4 atom stereocenters. The highest BCUT2D eigenvalue weighted by Gasteiger charge is 2.39. The molecule has 3 aliphatic rings. The quantitative estimate of drug-likeness (QED) is 0.170. The van der Waals surface area contributed by atoms with Gasteiger partial charge < -0.3 is 31.5 Å². The Morgan fingerprint density at radius 3 is 2.62 bits per heavy atom. The fourth-order valence-corrected chi connectivity index (χ4v) is 4.66. The summed E-state index contributed by atoms with van der Waals surface area (Å²) in [4.78, 5) is 40.3. The molecule has 1 saturated heterocycles. The number of likely N-dealkylation sites (tertiary alicyclic amines) is 1. The number of aliphatic hydroxyl groups is 2. The molecule has 10 nitrogen and oxygen atoms in total. The first-order valence-electron chi connectivity index (χ1n) is 13.2. The Labute approximate surface area is 243 Å². The zero-order valence-electron chi connectivity index (χ0n) is 23.3. The summed E-state index contributed by atoms with van der Waals surface area (Å²) in [5.74, 6) is -1.27. The number of rotatable bonds is 9. The van der Waals surface area contributed by atoms with E-state index < -0.39 is 18.5 Å². The van der Waals surface area contributed by atoms with Gasteiger partial charge in [0.15, 0.2) is 0 Å². The summed E-state index contributed by atoms with van der Waals surface area (Å²) in [5.41, 5.74) is 6.52. The minimum Gasteiger partial charge on any atom is -0.516 e. The third kappa shape index (κ3) is 10.1. The van der Waals surface area contributed by atoms with Crippen LogP contribution in [-0.2, 0) is 20.8 Å². The van der Waals surface area contributed by atoms with E-state index in [4.69, 9.17) is 15.0 Å². The van der Waals surface area contributed by atoms with Gasteiger partial charge in [0.25, 0.3) is 0 Å². The second-order valence-corrected chi connectivity index (χ2v) is 9.40. The summed E-state index contributed by atoms with van der Waals surface area (Å²) in [6.45, 7) is -0.0860. The van der Waals surface area contributed by atoms with Crippen LogP contribution in [0.3, 0.4) is 0 Å². The highest BCUT2D eigenvalue weighted by Crippen LogP contribution is 2.25. The van der Waals surface area contributed by atoms with E-state index in [9.17, 15) is 18.4 Å². The number of aliphatic imine (C=N–C) groups is 1. The van der Waals surface area contributed by atoms with Crippen LogP contribution in [0, 0.1) is 11.8 Å². The molecule has 6 N–H and O–H groups in total. The van der Waals surface area contributed by atoms with Gasteiger partial charge in [0.05, 0.1) is 31.9 Å². The van der Waals surface area contributed by atoms with Crippen LogP contribution in [0.4, 0.5) is 8.78 Å². The molecule has 3 heterocycles. The second-order valence-electron chi connectivity index (χ2n) is 9.40. The molecular formula is C30H37F2N5O5. The zero-order valence-corrected chi connectivity index (χ0v) is 23.3. The predicted octanol–water partition coefficient (Wildman–Crippen LogP) is 2.25. The average Bonchev–Trinajstić information content (AvgIpc) is 3.64. The summed E-state index contributed by atoms with van der Waals surface area (Å²) >= 11 is 0. The third-order valence-corrected chi connectivity index (χ3v) is 6.59. The molecule has 0 bridgehead atoms. The molecule has 226 valence electrons. The Hall–Kier alpha value is -4.58. The molecule has 0 radical (unpaired) electrons. The number of allylic oxidation sites excluding steroid dienone is 4. The fraction of sp³-hybridized carbons (Fsp3) is 0.333. The number of nitrogens with zero attached hydrogens (tertiary/aromatic N) is 2. The van der Waals surface area contributed by atoms with Gasteiger partial charge in [-0.25, -0.2) is 4.39 Å². The maximum Gasteiger partial charge on any atom is 0.243 e. The predicted molar refractivity (Wildman–Crippen MR) is 157 cm³/mol. The highest BCUT2D eigenvalue weighted by molar-refractivity contribution is 5.89. The monoisotopic (exact) mass is 585 g/mol. The number of hydrogen-bond donors (Lipinski definition) is 5. The first-order chi connectivity index (χ1) is 20.4. The summed E-state index contributed by atoms with van der Waals surface area (Å²) < 4.78 is 27.0. The molecule has 4 unspecified atom stereocenters. The lowest BCUT2D eigenvalue weighted by Crippen LogP contribution is -2.47. The summed E-state index contributed by atoms with van der Waals surface area (Å²) in [6, 6.07) is 6.45. The molecule has 0 spiro atoms. The van der Waals surface area contributed by atoms with Crippen molar-refractivity contribution in [3.8, 4) is 0 Å². The van der Waals surface area contributed by atoms with Gasteiger partial charge in [-0.15, -0.1) is 0 Å². The minimum absolute atomic E-state index is 0.0735. The van der Waals surface area contributed by atoms with Crippen molar-refractivity contribution in [3.05, 3.63) is 89.8 Å². The van der Waals surface area contributed by atoms with Gasteiger partial charge in [-0.3, -0.25) is 23.8 Å². The molecule has 3 aliphatic heterocycles. The summed E-state index contributed by atoms with van der Waals surface area (Å²) in [7, 11) is 1.00. The number of halogens is 2. The van der Waals surface area contributed by atoms with Crippen molar-refractivity contribution >= 4 is 30.5 Å². The Kier molecular flexibility index (Phi) is 14.4. The van der Waals surface area contributed by atoms with Gasteiger partial charge in [0.1, 0.15) is 11.9 Å². The van der Waals surface area contributed by atoms with Crippen molar-refractivity contribution in [2.75, 3.05) is 26.9 Å². The van der Waals surface area contributed by atoms with E-state index in [1.165, 1.54) is 17.1 Å². The molecular weight excluding hydrogens is 548 g/mol. The number of amides is 3. The first kappa shape index (κ1) is 33.6. The molecule has 0 aromatic heterocycles. The van der Waals surface area contributed by atoms with Crippen molar-refractivity contribution in [3.63, 3.8) is 0 Å². The van der Waals surface area contributed by atoms with E-state index in [0.29, 0.717) is 6.54 Å². The number of nitrogens with one attached hydrogen (secondary N) is 2. The lowest BCUT2D eigenvalue weighted by atomic mass is 10.0. The van der Waals surface area contributed by atoms with Gasteiger partial charge in [-0.1, -0.05) is 36.4 Å². The van der Waals surface area contributed by atoms with Crippen molar-refractivity contribution in [1.29, 1.82) is 0 Å². The zero-order chi connectivity index (χ0) is 30.9. The number of fused-ring (bicyclic) bond motifs is 1. The number of aliphatic hydroxyl groups excluding tert-OH is 2. The SMILES string of the molecule is CO.NC=O.O=C(NCC1=CC2C=NC=CC2N1)C1CC(CF)CN1C(=O)Cc1ccc(\C=C/C(F)=C\C=C\O)cc1. The molecule has 0 aliphatic carbocycles. The summed E-state index contributed by atoms with van der Waals surface area (Å²) in [6.07, 6.45) is 14.1. The Bertz CT molecular complexity index is 1230. The van der Waals surface area contributed by atoms with E-state index >= 15 is 0 Å². The summed E-state index contributed by atoms with van der Waals surface area (Å²) in [5, 5.41) is 21.8. The molecule has 1 aromatic carbocycles. The van der Waals surface area contributed by atoms with Gasteiger partial charge in [0, 0.05) is 43.6 Å². The van der Waals surface area contributed by atoms with Crippen LogP contribution < -0.4 is 16.4 Å².